The number of nitrogens with zero attached hydrogens (tertiary/aromatic N) is 1. The topological polar surface area (TPSA) is 68.2 Å². The van der Waals surface area contributed by atoms with E-state index in [1.807, 2.05) is 32.0 Å². The molecule has 0 amide bonds. The summed E-state index contributed by atoms with van der Waals surface area (Å²) in [6, 6.07) is 17.4. The van der Waals surface area contributed by atoms with Crippen LogP contribution in [0.1, 0.15) is 16.7 Å². The van der Waals surface area contributed by atoms with Crippen LogP contribution < -0.4 is 9.60 Å². The van der Waals surface area contributed by atoms with E-state index in [4.69, 9.17) is 11.6 Å². The Kier molecular flexibility index (Phi) is 5.44. The second kappa shape index (κ2) is 7.91. The molecule has 4 rings (SSSR count). The van der Waals surface area contributed by atoms with Crippen LogP contribution in [0, 0.1) is 13.8 Å². The maximum Gasteiger partial charge on any atom is 0.308 e. The zero-order valence-electron chi connectivity index (χ0n) is 16.3. The number of hydrogen-bond acceptors (Lipinski definition) is 4. The van der Waals surface area contributed by atoms with Gasteiger partial charge in [0.05, 0.1) is 21.7 Å². The first-order chi connectivity index (χ1) is 14.2. The lowest BCUT2D eigenvalue weighted by Gasteiger charge is -2.10. The number of anilines is 1. The molecule has 0 saturated carbocycles. The largest absolute Gasteiger partial charge is 0.308 e. The predicted molar refractivity (Wildman–Crippen MR) is 123 cm³/mol. The number of nitrogens with one attached hydrogen (secondary N) is 1. The zero-order chi connectivity index (χ0) is 21.5. The Morgan fingerprint density at radius 3 is 2.40 bits per heavy atom. The second-order valence-corrected chi connectivity index (χ2v) is 10.2. The van der Waals surface area contributed by atoms with E-state index in [-0.39, 0.29) is 9.77 Å². The zero-order valence-corrected chi connectivity index (χ0v) is 18.7. The number of benzene rings is 3. The van der Waals surface area contributed by atoms with E-state index in [9.17, 15) is 13.2 Å². The minimum atomic E-state index is -3.77. The van der Waals surface area contributed by atoms with Gasteiger partial charge in [-0.1, -0.05) is 41.1 Å². The molecule has 0 spiro atoms. The standard InChI is InChI=1S/C22H19ClN2O3S2/c1-14-3-8-18(11-15(14)2)24-30(27,28)19-9-10-20-21(12-19)29-22(26)25(20)13-16-4-6-17(23)7-5-16/h3-12,24H,13H2,1-2H3. The number of hydrogen-bond donors (Lipinski definition) is 1. The van der Waals surface area contributed by atoms with Gasteiger partial charge in [0.2, 0.25) is 0 Å². The van der Waals surface area contributed by atoms with Gasteiger partial charge in [-0.2, -0.15) is 0 Å². The molecule has 0 saturated heterocycles. The number of aromatic nitrogens is 1. The van der Waals surface area contributed by atoms with Gasteiger partial charge in [0, 0.05) is 10.7 Å². The van der Waals surface area contributed by atoms with E-state index in [2.05, 4.69) is 4.72 Å². The van der Waals surface area contributed by atoms with Gasteiger partial charge >= 0.3 is 4.87 Å². The number of halogens is 1. The second-order valence-electron chi connectivity index (χ2n) is 7.11. The van der Waals surface area contributed by atoms with Gasteiger partial charge in [-0.05, 0) is 73.0 Å². The van der Waals surface area contributed by atoms with Gasteiger partial charge in [-0.15, -0.1) is 0 Å². The average molecular weight is 459 g/mol. The average Bonchev–Trinajstić information content (AvgIpc) is 3.01. The summed E-state index contributed by atoms with van der Waals surface area (Å²) in [6.45, 7) is 4.29. The molecule has 30 heavy (non-hydrogen) atoms. The van der Waals surface area contributed by atoms with E-state index in [1.165, 1.54) is 6.07 Å². The van der Waals surface area contributed by atoms with Gasteiger partial charge in [0.25, 0.3) is 10.0 Å². The number of rotatable bonds is 5. The molecule has 1 N–H and O–H groups in total. The summed E-state index contributed by atoms with van der Waals surface area (Å²) < 4.78 is 30.6. The monoisotopic (exact) mass is 458 g/mol. The fourth-order valence-electron chi connectivity index (χ4n) is 3.15. The molecule has 154 valence electrons. The van der Waals surface area contributed by atoms with Crippen LogP contribution in [-0.4, -0.2) is 13.0 Å². The molecule has 1 heterocycles. The SMILES string of the molecule is Cc1ccc(NS(=O)(=O)c2ccc3c(c2)sc(=O)n3Cc2ccc(Cl)cc2)cc1C. The molecule has 0 bridgehead atoms. The quantitative estimate of drug-likeness (QED) is 0.448. The first-order valence-corrected chi connectivity index (χ1v) is 11.9. The van der Waals surface area contributed by atoms with Gasteiger partial charge in [-0.25, -0.2) is 8.42 Å². The van der Waals surface area contributed by atoms with Crippen molar-refractivity contribution in [3.63, 3.8) is 0 Å². The number of thiazole rings is 1. The van der Waals surface area contributed by atoms with Crippen molar-refractivity contribution in [1.82, 2.24) is 4.57 Å². The maximum atomic E-state index is 12.9. The normalized spacial score (nSPS) is 11.7. The molecule has 5 nitrogen and oxygen atoms in total. The van der Waals surface area contributed by atoms with Crippen molar-refractivity contribution < 1.29 is 8.42 Å². The maximum absolute atomic E-state index is 12.9. The Bertz CT molecular complexity index is 1400. The molecule has 8 heteroatoms. The lowest BCUT2D eigenvalue weighted by atomic mass is 10.1. The molecular weight excluding hydrogens is 440 g/mol. The fourth-order valence-corrected chi connectivity index (χ4v) is 5.36. The number of sulfonamides is 1. The van der Waals surface area contributed by atoms with Crippen LogP contribution in [0.25, 0.3) is 10.2 Å². The Balaban J connectivity index is 1.67. The van der Waals surface area contributed by atoms with E-state index in [0.29, 0.717) is 27.5 Å². The molecule has 3 aromatic carbocycles. The molecule has 4 aromatic rings. The van der Waals surface area contributed by atoms with Gasteiger partial charge in [-0.3, -0.25) is 14.1 Å². The third kappa shape index (κ3) is 4.14. The predicted octanol–water partition coefficient (Wildman–Crippen LogP) is 5.18. The summed E-state index contributed by atoms with van der Waals surface area (Å²) in [7, 11) is -3.77. The Labute approximate surface area is 183 Å². The van der Waals surface area contributed by atoms with Gasteiger partial charge in [0.1, 0.15) is 0 Å². The molecule has 0 atom stereocenters. The Morgan fingerprint density at radius 1 is 0.967 bits per heavy atom. The number of aryl methyl sites for hydroxylation is 2. The smallest absolute Gasteiger partial charge is 0.294 e. The van der Waals surface area contributed by atoms with Crippen molar-refractivity contribution in [1.29, 1.82) is 0 Å². The molecular formula is C22H19ClN2O3S2. The minimum Gasteiger partial charge on any atom is -0.294 e. The van der Waals surface area contributed by atoms with Crippen molar-refractivity contribution in [2.75, 3.05) is 4.72 Å². The third-order valence-corrected chi connectivity index (χ3v) is 7.54. The summed E-state index contributed by atoms with van der Waals surface area (Å²) in [4.78, 5) is 12.5. The summed E-state index contributed by atoms with van der Waals surface area (Å²) in [6.07, 6.45) is 0. The van der Waals surface area contributed by atoms with E-state index < -0.39 is 10.0 Å². The fraction of sp³-hybridized carbons (Fsp3) is 0.136. The van der Waals surface area contributed by atoms with Crippen LogP contribution in [0.5, 0.6) is 0 Å². The molecule has 0 radical (unpaired) electrons. The van der Waals surface area contributed by atoms with Gasteiger partial charge < -0.3 is 0 Å². The summed E-state index contributed by atoms with van der Waals surface area (Å²) in [5.41, 5.74) is 4.24. The van der Waals surface area contributed by atoms with Crippen molar-refractivity contribution in [2.45, 2.75) is 25.3 Å². The summed E-state index contributed by atoms with van der Waals surface area (Å²) in [5, 5.41) is 0.632. The molecule has 0 aliphatic rings. The third-order valence-electron chi connectivity index (χ3n) is 4.96. The van der Waals surface area contributed by atoms with Crippen LogP contribution in [0.3, 0.4) is 0 Å². The van der Waals surface area contributed by atoms with Gasteiger partial charge in [0.15, 0.2) is 0 Å². The highest BCUT2D eigenvalue weighted by atomic mass is 35.5. The molecule has 0 aliphatic carbocycles. The van der Waals surface area contributed by atoms with E-state index in [1.54, 1.807) is 41.0 Å². The van der Waals surface area contributed by atoms with Crippen molar-refractivity contribution in [2.24, 2.45) is 0 Å². The van der Waals surface area contributed by atoms with Crippen LogP contribution in [0.2, 0.25) is 5.02 Å². The summed E-state index contributed by atoms with van der Waals surface area (Å²) in [5.74, 6) is 0. The minimum absolute atomic E-state index is 0.119. The number of fused-ring (bicyclic) bond motifs is 1. The Hall–Kier alpha value is -2.61. The highest BCUT2D eigenvalue weighted by Gasteiger charge is 2.17. The van der Waals surface area contributed by atoms with E-state index >= 15 is 0 Å². The van der Waals surface area contributed by atoms with E-state index in [0.717, 1.165) is 28.0 Å². The van der Waals surface area contributed by atoms with Crippen molar-refractivity contribution in [3.8, 4) is 0 Å². The van der Waals surface area contributed by atoms with Crippen LogP contribution in [0.4, 0.5) is 5.69 Å². The van der Waals surface area contributed by atoms with Crippen LogP contribution in [-0.2, 0) is 16.6 Å². The van der Waals surface area contributed by atoms with Crippen LogP contribution >= 0.6 is 22.9 Å². The summed E-state index contributed by atoms with van der Waals surface area (Å²) >= 11 is 6.96. The molecule has 0 aliphatic heterocycles. The lowest BCUT2D eigenvalue weighted by Crippen LogP contribution is -2.14. The highest BCUT2D eigenvalue weighted by molar-refractivity contribution is 7.92. The van der Waals surface area contributed by atoms with Crippen LogP contribution in [0.15, 0.2) is 70.4 Å². The Morgan fingerprint density at radius 2 is 1.70 bits per heavy atom. The van der Waals surface area contributed by atoms with Crippen molar-refractivity contribution in [3.05, 3.63) is 92.0 Å². The first kappa shape index (κ1) is 20.7. The van der Waals surface area contributed by atoms with Crippen molar-refractivity contribution >= 4 is 48.9 Å². The molecule has 0 fully saturated rings. The first-order valence-electron chi connectivity index (χ1n) is 9.21. The highest BCUT2D eigenvalue weighted by Crippen LogP contribution is 2.25. The lowest BCUT2D eigenvalue weighted by molar-refractivity contribution is 0.601. The molecule has 1 aromatic heterocycles. The molecule has 0 unspecified atom stereocenters.